The molecule has 0 aromatic heterocycles. The molecule has 0 aliphatic carbocycles. The summed E-state index contributed by atoms with van der Waals surface area (Å²) in [6.07, 6.45) is 2.73. The van der Waals surface area contributed by atoms with Crippen LogP contribution in [0.15, 0.2) is 22.7 Å². The summed E-state index contributed by atoms with van der Waals surface area (Å²) < 4.78 is 12.2. The van der Waals surface area contributed by atoms with E-state index in [4.69, 9.17) is 21.1 Å². The Balaban J connectivity index is 1.55. The Kier molecular flexibility index (Phi) is 7.30. The highest BCUT2D eigenvalue weighted by atomic mass is 79.9. The van der Waals surface area contributed by atoms with E-state index in [0.717, 1.165) is 23.5 Å². The number of ether oxygens (including phenoxy) is 2. The summed E-state index contributed by atoms with van der Waals surface area (Å²) in [5.41, 5.74) is 0. The minimum atomic E-state index is 0.535. The molecule has 1 unspecified atom stereocenters. The monoisotopic (exact) mass is 376 g/mol. The molecule has 1 aromatic carbocycles. The smallest absolute Gasteiger partial charge is 0.138 e. The first-order chi connectivity index (χ1) is 10.1. The van der Waals surface area contributed by atoms with Crippen LogP contribution in [0.2, 0.25) is 5.02 Å². The summed E-state index contributed by atoms with van der Waals surface area (Å²) in [5.74, 6) is 1.57. The normalized spacial score (nSPS) is 22.2. The fraction of sp³-hybridized carbons (Fsp3) is 0.625. The Labute approximate surface area is 140 Å². The van der Waals surface area contributed by atoms with Crippen LogP contribution in [0, 0.1) is 5.92 Å². The predicted octanol–water partition coefficient (Wildman–Crippen LogP) is 2.81. The molecule has 2 rings (SSSR count). The number of hydrogen-bond donors (Lipinski definition) is 1. The van der Waals surface area contributed by atoms with Gasteiger partial charge in [0.25, 0.3) is 0 Å². The molecule has 0 radical (unpaired) electrons. The average molecular weight is 378 g/mol. The number of quaternary nitrogens is 1. The molecule has 0 bridgehead atoms. The SMILES string of the molecule is C[C@H]1CCC[NH+](CCOCCOc2ccc(Br)cc2Cl)C1. The van der Waals surface area contributed by atoms with Gasteiger partial charge in [0, 0.05) is 10.4 Å². The van der Waals surface area contributed by atoms with Crippen molar-refractivity contribution in [2.24, 2.45) is 5.92 Å². The molecule has 0 spiro atoms. The van der Waals surface area contributed by atoms with Crippen molar-refractivity contribution in [3.63, 3.8) is 0 Å². The first kappa shape index (κ1) is 17.1. The lowest BCUT2D eigenvalue weighted by molar-refractivity contribution is -0.908. The summed E-state index contributed by atoms with van der Waals surface area (Å²) in [6.45, 7) is 7.97. The Morgan fingerprint density at radius 1 is 1.33 bits per heavy atom. The quantitative estimate of drug-likeness (QED) is 0.738. The fourth-order valence-corrected chi connectivity index (χ4v) is 3.47. The van der Waals surface area contributed by atoms with Crippen molar-refractivity contribution in [1.29, 1.82) is 0 Å². The highest BCUT2D eigenvalue weighted by molar-refractivity contribution is 9.10. The maximum Gasteiger partial charge on any atom is 0.138 e. The van der Waals surface area contributed by atoms with Gasteiger partial charge in [0.05, 0.1) is 31.3 Å². The minimum absolute atomic E-state index is 0.535. The Hall–Kier alpha value is -0.290. The molecule has 1 aliphatic heterocycles. The maximum absolute atomic E-state index is 6.09. The zero-order valence-corrected chi connectivity index (χ0v) is 14.9. The lowest BCUT2D eigenvalue weighted by Crippen LogP contribution is -3.14. The largest absolute Gasteiger partial charge is 0.490 e. The van der Waals surface area contributed by atoms with Crippen molar-refractivity contribution in [2.45, 2.75) is 19.8 Å². The van der Waals surface area contributed by atoms with Crippen molar-refractivity contribution in [2.75, 3.05) is 39.5 Å². The number of halogens is 2. The number of benzene rings is 1. The lowest BCUT2D eigenvalue weighted by atomic mass is 10.0. The summed E-state index contributed by atoms with van der Waals surface area (Å²) in [4.78, 5) is 1.67. The van der Waals surface area contributed by atoms with Gasteiger partial charge in [-0.25, -0.2) is 0 Å². The third-order valence-electron chi connectivity index (χ3n) is 3.84. The van der Waals surface area contributed by atoms with Gasteiger partial charge in [-0.05, 0) is 31.0 Å². The van der Waals surface area contributed by atoms with Gasteiger partial charge in [-0.1, -0.05) is 34.5 Å². The highest BCUT2D eigenvalue weighted by Gasteiger charge is 2.18. The van der Waals surface area contributed by atoms with Gasteiger partial charge in [0.15, 0.2) is 0 Å². The molecular weight excluding hydrogens is 354 g/mol. The van der Waals surface area contributed by atoms with Crippen molar-refractivity contribution in [3.8, 4) is 5.75 Å². The zero-order valence-electron chi connectivity index (χ0n) is 12.5. The lowest BCUT2D eigenvalue weighted by Gasteiger charge is -2.27. The van der Waals surface area contributed by atoms with E-state index in [1.165, 1.54) is 25.9 Å². The molecule has 1 fully saturated rings. The van der Waals surface area contributed by atoms with E-state index >= 15 is 0 Å². The summed E-state index contributed by atoms with van der Waals surface area (Å²) in [7, 11) is 0. The topological polar surface area (TPSA) is 22.9 Å². The summed E-state index contributed by atoms with van der Waals surface area (Å²) in [6, 6.07) is 5.62. The van der Waals surface area contributed by atoms with Crippen molar-refractivity contribution < 1.29 is 14.4 Å². The van der Waals surface area contributed by atoms with Gasteiger partial charge in [0.1, 0.15) is 18.9 Å². The number of likely N-dealkylation sites (tertiary alicyclic amines) is 1. The second-order valence-electron chi connectivity index (χ2n) is 5.74. The van der Waals surface area contributed by atoms with Gasteiger partial charge < -0.3 is 14.4 Å². The van der Waals surface area contributed by atoms with E-state index in [2.05, 4.69) is 22.9 Å². The molecule has 2 atom stereocenters. The van der Waals surface area contributed by atoms with Crippen LogP contribution >= 0.6 is 27.5 Å². The van der Waals surface area contributed by atoms with Crippen LogP contribution in [0.25, 0.3) is 0 Å². The van der Waals surface area contributed by atoms with Gasteiger partial charge in [-0.3, -0.25) is 0 Å². The van der Waals surface area contributed by atoms with E-state index in [9.17, 15) is 0 Å². The van der Waals surface area contributed by atoms with Crippen LogP contribution in [-0.2, 0) is 4.74 Å². The second kappa shape index (κ2) is 8.99. The second-order valence-corrected chi connectivity index (χ2v) is 7.06. The molecule has 118 valence electrons. The Bertz CT molecular complexity index is 444. The molecule has 0 saturated carbocycles. The Morgan fingerprint density at radius 3 is 2.95 bits per heavy atom. The van der Waals surface area contributed by atoms with E-state index in [-0.39, 0.29) is 0 Å². The van der Waals surface area contributed by atoms with Gasteiger partial charge in [-0.2, -0.15) is 0 Å². The van der Waals surface area contributed by atoms with E-state index in [1.807, 2.05) is 18.2 Å². The van der Waals surface area contributed by atoms with Crippen LogP contribution < -0.4 is 9.64 Å². The number of hydrogen-bond acceptors (Lipinski definition) is 2. The van der Waals surface area contributed by atoms with E-state index in [1.54, 1.807) is 4.90 Å². The molecule has 3 nitrogen and oxygen atoms in total. The van der Waals surface area contributed by atoms with E-state index < -0.39 is 0 Å². The molecule has 1 saturated heterocycles. The number of piperidine rings is 1. The van der Waals surface area contributed by atoms with Gasteiger partial charge >= 0.3 is 0 Å². The first-order valence-electron chi connectivity index (χ1n) is 7.64. The minimum Gasteiger partial charge on any atom is -0.490 e. The standard InChI is InChI=1S/C16H23BrClNO2/c1-13-3-2-6-19(12-13)7-8-20-9-10-21-16-5-4-14(17)11-15(16)18/h4-5,11,13H,2-3,6-10,12H2,1H3/p+1/t13-/m0/s1. The maximum atomic E-state index is 6.09. The third kappa shape index (κ3) is 6.15. The fourth-order valence-electron chi connectivity index (χ4n) is 2.75. The summed E-state index contributed by atoms with van der Waals surface area (Å²) in [5, 5.41) is 0.621. The van der Waals surface area contributed by atoms with Crippen molar-refractivity contribution in [3.05, 3.63) is 27.7 Å². The summed E-state index contributed by atoms with van der Waals surface area (Å²) >= 11 is 9.46. The van der Waals surface area contributed by atoms with Gasteiger partial charge in [-0.15, -0.1) is 0 Å². The molecule has 1 heterocycles. The molecule has 5 heteroatoms. The van der Waals surface area contributed by atoms with E-state index in [0.29, 0.717) is 24.0 Å². The third-order valence-corrected chi connectivity index (χ3v) is 4.63. The van der Waals surface area contributed by atoms with Crippen LogP contribution in [0.4, 0.5) is 0 Å². The van der Waals surface area contributed by atoms with Crippen LogP contribution in [0.3, 0.4) is 0 Å². The molecule has 1 aliphatic rings. The zero-order chi connectivity index (χ0) is 15.1. The van der Waals surface area contributed by atoms with Crippen molar-refractivity contribution >= 4 is 27.5 Å². The van der Waals surface area contributed by atoms with Crippen LogP contribution in [0.5, 0.6) is 5.75 Å². The van der Waals surface area contributed by atoms with Crippen LogP contribution in [-0.4, -0.2) is 39.5 Å². The molecule has 1 N–H and O–H groups in total. The first-order valence-corrected chi connectivity index (χ1v) is 8.81. The van der Waals surface area contributed by atoms with Crippen molar-refractivity contribution in [1.82, 2.24) is 0 Å². The number of nitrogens with one attached hydrogen (secondary N) is 1. The average Bonchev–Trinajstić information content (AvgIpc) is 2.44. The molecular formula is C16H24BrClNO2+. The Morgan fingerprint density at radius 2 is 2.19 bits per heavy atom. The highest BCUT2D eigenvalue weighted by Crippen LogP contribution is 2.27. The molecule has 21 heavy (non-hydrogen) atoms. The molecule has 0 amide bonds. The number of rotatable bonds is 7. The van der Waals surface area contributed by atoms with Crippen LogP contribution in [0.1, 0.15) is 19.8 Å². The predicted molar refractivity (Wildman–Crippen MR) is 89.4 cm³/mol. The molecule has 1 aromatic rings. The van der Waals surface area contributed by atoms with Gasteiger partial charge in [0.2, 0.25) is 0 Å².